The van der Waals surface area contributed by atoms with Crippen LogP contribution in [0.1, 0.15) is 30.4 Å². The maximum absolute atomic E-state index is 12.8. The van der Waals surface area contributed by atoms with Crippen LogP contribution in [0.25, 0.3) is 6.08 Å². The Bertz CT molecular complexity index is 1360. The van der Waals surface area contributed by atoms with E-state index >= 15 is 0 Å². The highest BCUT2D eigenvalue weighted by molar-refractivity contribution is 6.06. The molecule has 2 aromatic rings. The number of carbonyl (C=O) groups excluding carboxylic acids is 3. The molecule has 13 heteroatoms. The molecule has 206 valence electrons. The average molecular weight is 543 g/mol. The summed E-state index contributed by atoms with van der Waals surface area (Å²) in [4.78, 5) is 49.4. The highest BCUT2D eigenvalue weighted by Crippen LogP contribution is 2.39. The van der Waals surface area contributed by atoms with Crippen molar-refractivity contribution in [2.24, 2.45) is 0 Å². The molecule has 2 aromatic carbocycles. The Morgan fingerprint density at radius 3 is 2.44 bits per heavy atom. The first kappa shape index (κ1) is 27.6. The molecule has 0 aromatic heterocycles. The van der Waals surface area contributed by atoms with Gasteiger partial charge in [0.1, 0.15) is 6.10 Å². The molecular formula is C26H25NO12. The molecule has 1 fully saturated rings. The summed E-state index contributed by atoms with van der Waals surface area (Å²) in [5, 5.41) is 62.8. The number of carboxylic acids is 1. The number of para-hydroxylation sites is 1. The van der Waals surface area contributed by atoms with E-state index in [1.807, 2.05) is 0 Å². The number of benzene rings is 2. The van der Waals surface area contributed by atoms with Crippen LogP contribution in [0.3, 0.4) is 0 Å². The van der Waals surface area contributed by atoms with Crippen LogP contribution in [0.5, 0.6) is 11.5 Å². The Morgan fingerprint density at radius 1 is 1.03 bits per heavy atom. The zero-order valence-electron chi connectivity index (χ0n) is 20.2. The number of carbonyl (C=O) groups is 4. The molecule has 0 radical (unpaired) electrons. The van der Waals surface area contributed by atoms with Crippen molar-refractivity contribution in [1.29, 1.82) is 0 Å². The number of anilines is 1. The second-order valence-electron chi connectivity index (χ2n) is 9.36. The zero-order valence-corrected chi connectivity index (χ0v) is 20.2. The van der Waals surface area contributed by atoms with E-state index in [0.717, 1.165) is 12.1 Å². The van der Waals surface area contributed by atoms with Crippen molar-refractivity contribution in [3.05, 3.63) is 59.7 Å². The lowest BCUT2D eigenvalue weighted by molar-refractivity contribution is -0.208. The number of aliphatic carboxylic acids is 1. The van der Waals surface area contributed by atoms with E-state index in [0.29, 0.717) is 11.3 Å². The molecule has 1 amide bonds. The van der Waals surface area contributed by atoms with Gasteiger partial charge in [-0.05, 0) is 29.8 Å². The predicted molar refractivity (Wildman–Crippen MR) is 130 cm³/mol. The lowest BCUT2D eigenvalue weighted by atomic mass is 9.79. The minimum atomic E-state index is -2.51. The number of fused-ring (bicyclic) bond motifs is 1. The number of nitrogens with one attached hydrogen (secondary N) is 1. The molecule has 1 heterocycles. The van der Waals surface area contributed by atoms with Gasteiger partial charge in [-0.25, -0.2) is 9.59 Å². The minimum Gasteiger partial charge on any atom is -0.504 e. The maximum atomic E-state index is 12.8. The summed E-state index contributed by atoms with van der Waals surface area (Å²) in [6.45, 7) is 0. The number of aromatic hydroxyl groups is 2. The van der Waals surface area contributed by atoms with Crippen molar-refractivity contribution in [2.45, 2.75) is 48.8 Å². The summed E-state index contributed by atoms with van der Waals surface area (Å²) in [6.07, 6.45) is -5.34. The number of carboxylic acid groups (broad SMARTS) is 1. The van der Waals surface area contributed by atoms with Gasteiger partial charge in [0.2, 0.25) is 0 Å². The number of aliphatic hydroxyl groups excluding tert-OH is 1. The smallest absolute Gasteiger partial charge is 0.335 e. The van der Waals surface area contributed by atoms with Crippen LogP contribution in [0.15, 0.2) is 48.5 Å². The van der Waals surface area contributed by atoms with E-state index in [1.54, 1.807) is 12.1 Å². The lowest BCUT2D eigenvalue weighted by Crippen LogP contribution is -2.58. The molecule has 1 saturated carbocycles. The quantitative estimate of drug-likeness (QED) is 0.141. The van der Waals surface area contributed by atoms with E-state index in [-0.39, 0.29) is 11.3 Å². The van der Waals surface area contributed by atoms with Crippen LogP contribution >= 0.6 is 0 Å². The van der Waals surface area contributed by atoms with Crippen LogP contribution in [0, 0.1) is 0 Å². The second kappa shape index (κ2) is 10.4. The maximum Gasteiger partial charge on any atom is 0.335 e. The van der Waals surface area contributed by atoms with Gasteiger partial charge >= 0.3 is 17.9 Å². The summed E-state index contributed by atoms with van der Waals surface area (Å²) in [6, 6.07) is 9.83. The first-order valence-electron chi connectivity index (χ1n) is 11.7. The molecule has 0 bridgehead atoms. The highest BCUT2D eigenvalue weighted by Gasteiger charge is 2.53. The van der Waals surface area contributed by atoms with Crippen LogP contribution in [0.4, 0.5) is 5.69 Å². The number of ether oxygens (including phenoxy) is 2. The second-order valence-corrected chi connectivity index (χ2v) is 9.36. The monoisotopic (exact) mass is 543 g/mol. The van der Waals surface area contributed by atoms with Gasteiger partial charge in [-0.2, -0.15) is 0 Å². The predicted octanol–water partition coefficient (Wildman–Crippen LogP) is 0.135. The molecule has 5 atom stereocenters. The third-order valence-electron chi connectivity index (χ3n) is 6.57. The Balaban J connectivity index is 1.51. The van der Waals surface area contributed by atoms with Gasteiger partial charge in [-0.1, -0.05) is 24.3 Å². The Labute approximate surface area is 220 Å². The summed E-state index contributed by atoms with van der Waals surface area (Å²) in [5.74, 6) is -5.63. The van der Waals surface area contributed by atoms with Gasteiger partial charge < -0.3 is 45.4 Å². The molecule has 2 aliphatic rings. The van der Waals surface area contributed by atoms with E-state index in [1.165, 1.54) is 30.3 Å². The molecule has 4 rings (SSSR count). The molecule has 0 spiro atoms. The summed E-state index contributed by atoms with van der Waals surface area (Å²) in [7, 11) is 0. The Kier molecular flexibility index (Phi) is 7.33. The first-order valence-corrected chi connectivity index (χ1v) is 11.7. The van der Waals surface area contributed by atoms with Gasteiger partial charge in [0.15, 0.2) is 28.8 Å². The highest BCUT2D eigenvalue weighted by atomic mass is 16.6. The molecular weight excluding hydrogens is 518 g/mol. The molecule has 7 N–H and O–H groups in total. The van der Waals surface area contributed by atoms with Gasteiger partial charge in [0.25, 0.3) is 5.91 Å². The SMILES string of the molecule is O=C(/C=C/c1ccc(O)c(O)c1)O[C@@H]1C[C@](O)(C(=O)O)C[C@@H](O)[C@H]1OC(=O)C[C@@]1(O)C(=O)Nc2ccccc21. The average Bonchev–Trinajstić information content (AvgIpc) is 3.11. The minimum absolute atomic E-state index is 0.129. The fraction of sp³-hybridized carbons (Fsp3) is 0.308. The van der Waals surface area contributed by atoms with Crippen molar-refractivity contribution in [1.82, 2.24) is 0 Å². The van der Waals surface area contributed by atoms with Crippen molar-refractivity contribution in [2.75, 3.05) is 5.32 Å². The Hall–Kier alpha value is -4.46. The number of hydrogen-bond donors (Lipinski definition) is 7. The molecule has 1 aliphatic carbocycles. The van der Waals surface area contributed by atoms with Gasteiger partial charge in [0, 0.05) is 30.2 Å². The largest absolute Gasteiger partial charge is 0.504 e. The van der Waals surface area contributed by atoms with Crippen LogP contribution < -0.4 is 5.32 Å². The van der Waals surface area contributed by atoms with E-state index < -0.39 is 78.3 Å². The molecule has 0 saturated heterocycles. The molecule has 39 heavy (non-hydrogen) atoms. The number of hydrogen-bond acceptors (Lipinski definition) is 11. The van der Waals surface area contributed by atoms with E-state index in [2.05, 4.69) is 5.32 Å². The van der Waals surface area contributed by atoms with Crippen molar-refractivity contribution in [3.63, 3.8) is 0 Å². The summed E-state index contributed by atoms with van der Waals surface area (Å²) >= 11 is 0. The standard InChI is InChI=1S/C26H25NO12/c28-16-7-5-13(9-17(16)29)6-8-20(31)38-19-11-25(36,24(34)35)10-18(30)22(19)39-21(32)12-26(37)14-3-1-2-4-15(14)27-23(26)33/h1-9,18-19,22,28-30,36-37H,10-12H2,(H,27,33)(H,34,35)/b8-6+/t18-,19-,22-,25+,26+/m1/s1. The Morgan fingerprint density at radius 2 is 1.74 bits per heavy atom. The van der Waals surface area contributed by atoms with Crippen LogP contribution in [0.2, 0.25) is 0 Å². The fourth-order valence-corrected chi connectivity index (χ4v) is 4.56. The summed E-state index contributed by atoms with van der Waals surface area (Å²) in [5.41, 5.74) is -4.08. The normalized spacial score (nSPS) is 28.0. The molecule has 13 nitrogen and oxygen atoms in total. The van der Waals surface area contributed by atoms with Crippen molar-refractivity contribution >= 4 is 35.6 Å². The first-order chi connectivity index (χ1) is 18.3. The molecule has 1 aliphatic heterocycles. The van der Waals surface area contributed by atoms with Crippen LogP contribution in [-0.4, -0.2) is 78.4 Å². The van der Waals surface area contributed by atoms with Gasteiger partial charge in [-0.3, -0.25) is 9.59 Å². The van der Waals surface area contributed by atoms with Crippen LogP contribution in [-0.2, 0) is 34.3 Å². The number of amides is 1. The zero-order chi connectivity index (χ0) is 28.5. The van der Waals surface area contributed by atoms with E-state index in [4.69, 9.17) is 9.47 Å². The number of phenolic OH excluding ortho intramolecular Hbond substituents is 2. The topological polar surface area (TPSA) is 220 Å². The van der Waals surface area contributed by atoms with Gasteiger partial charge in [0.05, 0.1) is 12.5 Å². The number of phenols is 2. The number of esters is 2. The number of rotatable bonds is 7. The van der Waals surface area contributed by atoms with Gasteiger partial charge in [-0.15, -0.1) is 0 Å². The lowest BCUT2D eigenvalue weighted by Gasteiger charge is -2.40. The summed E-state index contributed by atoms with van der Waals surface area (Å²) < 4.78 is 10.5. The van der Waals surface area contributed by atoms with Crippen molar-refractivity contribution < 1.29 is 59.3 Å². The molecule has 0 unspecified atom stereocenters. The number of aliphatic hydroxyl groups is 3. The van der Waals surface area contributed by atoms with E-state index in [9.17, 15) is 49.8 Å². The van der Waals surface area contributed by atoms with Crippen molar-refractivity contribution in [3.8, 4) is 11.5 Å². The fourth-order valence-electron chi connectivity index (χ4n) is 4.56. The third-order valence-corrected chi connectivity index (χ3v) is 6.57. The third kappa shape index (κ3) is 5.55.